The van der Waals surface area contributed by atoms with E-state index in [0.29, 0.717) is 25.4 Å². The quantitative estimate of drug-likeness (QED) is 0.844. The van der Waals surface area contributed by atoms with E-state index in [-0.39, 0.29) is 18.0 Å². The predicted molar refractivity (Wildman–Crippen MR) is 79.0 cm³/mol. The first-order chi connectivity index (χ1) is 10.4. The molecular weight excluding hydrogens is 284 g/mol. The van der Waals surface area contributed by atoms with Gasteiger partial charge in [-0.2, -0.15) is 0 Å². The minimum Gasteiger partial charge on any atom is -0.444 e. The molecule has 2 saturated heterocycles. The van der Waals surface area contributed by atoms with Gasteiger partial charge in [-0.05, 0) is 20.3 Å². The van der Waals surface area contributed by atoms with Gasteiger partial charge in [0.1, 0.15) is 11.3 Å². The van der Waals surface area contributed by atoms with Gasteiger partial charge in [0.2, 0.25) is 5.89 Å². The Morgan fingerprint density at radius 2 is 2.23 bits per heavy atom. The second-order valence-electron chi connectivity index (χ2n) is 6.32. The van der Waals surface area contributed by atoms with Crippen molar-refractivity contribution in [2.75, 3.05) is 13.1 Å². The van der Waals surface area contributed by atoms with Gasteiger partial charge in [-0.3, -0.25) is 14.6 Å². The molecule has 0 saturated carbocycles. The molecule has 1 spiro atoms. The van der Waals surface area contributed by atoms with Crippen molar-refractivity contribution in [3.63, 3.8) is 0 Å². The van der Waals surface area contributed by atoms with E-state index in [1.54, 1.807) is 6.20 Å². The van der Waals surface area contributed by atoms with Gasteiger partial charge in [-0.1, -0.05) is 6.92 Å². The van der Waals surface area contributed by atoms with Crippen LogP contribution in [0.1, 0.15) is 38.8 Å². The molecule has 0 radical (unpaired) electrons. The fourth-order valence-corrected chi connectivity index (χ4v) is 3.19. The van der Waals surface area contributed by atoms with Crippen LogP contribution in [0.2, 0.25) is 0 Å². The van der Waals surface area contributed by atoms with Crippen LogP contribution in [0.25, 0.3) is 0 Å². The summed E-state index contributed by atoms with van der Waals surface area (Å²) < 4.78 is 5.62. The van der Waals surface area contributed by atoms with Crippen molar-refractivity contribution in [2.24, 2.45) is 0 Å². The number of nitrogens with zero attached hydrogens (tertiary/aromatic N) is 3. The minimum atomic E-state index is -0.776. The molecule has 0 aromatic carbocycles. The van der Waals surface area contributed by atoms with Gasteiger partial charge in [0.25, 0.3) is 5.91 Å². The van der Waals surface area contributed by atoms with Crippen molar-refractivity contribution in [2.45, 2.75) is 51.7 Å². The Hall–Kier alpha value is -1.89. The third kappa shape index (κ3) is 2.39. The van der Waals surface area contributed by atoms with E-state index in [9.17, 15) is 9.59 Å². The maximum absolute atomic E-state index is 12.6. The molecule has 1 aromatic heterocycles. The molecule has 2 aliphatic heterocycles. The van der Waals surface area contributed by atoms with E-state index in [4.69, 9.17) is 4.42 Å². The largest absolute Gasteiger partial charge is 0.444 e. The molecule has 0 unspecified atom stereocenters. The summed E-state index contributed by atoms with van der Waals surface area (Å²) in [6, 6.07) is -0.411. The second kappa shape index (κ2) is 5.39. The van der Waals surface area contributed by atoms with Crippen LogP contribution in [-0.4, -0.2) is 51.4 Å². The number of nitrogens with one attached hydrogen (secondary N) is 1. The van der Waals surface area contributed by atoms with Crippen LogP contribution in [-0.2, 0) is 17.8 Å². The van der Waals surface area contributed by atoms with Gasteiger partial charge in [0.15, 0.2) is 0 Å². The Morgan fingerprint density at radius 3 is 2.82 bits per heavy atom. The van der Waals surface area contributed by atoms with Gasteiger partial charge in [-0.25, -0.2) is 9.78 Å². The monoisotopic (exact) mass is 306 g/mol. The Bertz CT molecular complexity index is 597. The van der Waals surface area contributed by atoms with Crippen molar-refractivity contribution in [1.29, 1.82) is 0 Å². The van der Waals surface area contributed by atoms with E-state index >= 15 is 0 Å². The third-order valence-corrected chi connectivity index (χ3v) is 4.37. The summed E-state index contributed by atoms with van der Waals surface area (Å²) in [5.74, 6) is 1.41. The standard InChI is InChI=1S/C15H22N4O3/c1-4-11-7-16-12(22-11)8-18-6-5-15(9-18)13(20)19(10(2)3)14(21)17-15/h7,10H,4-6,8-9H2,1-3H3,(H,17,21)/t15-/m0/s1. The molecule has 22 heavy (non-hydrogen) atoms. The van der Waals surface area contributed by atoms with Crippen molar-refractivity contribution >= 4 is 11.9 Å². The third-order valence-electron chi connectivity index (χ3n) is 4.37. The van der Waals surface area contributed by atoms with Crippen molar-refractivity contribution in [3.8, 4) is 0 Å². The van der Waals surface area contributed by atoms with Gasteiger partial charge in [0.05, 0.1) is 12.7 Å². The SMILES string of the molecule is CCc1cnc(CN2CC[C@@]3(C2)NC(=O)N(C(C)C)C3=O)o1. The molecule has 2 aliphatic rings. The number of carbonyl (C=O) groups excluding carboxylic acids is 2. The fourth-order valence-electron chi connectivity index (χ4n) is 3.19. The van der Waals surface area contributed by atoms with E-state index in [2.05, 4.69) is 15.2 Å². The molecule has 0 bridgehead atoms. The highest BCUT2D eigenvalue weighted by Gasteiger charge is 2.55. The summed E-state index contributed by atoms with van der Waals surface area (Å²) in [6.45, 7) is 7.52. The van der Waals surface area contributed by atoms with Crippen molar-refractivity contribution in [3.05, 3.63) is 17.8 Å². The number of carbonyl (C=O) groups is 2. The number of rotatable bonds is 4. The lowest BCUT2D eigenvalue weighted by Crippen LogP contribution is -2.49. The number of hydrogen-bond acceptors (Lipinski definition) is 5. The van der Waals surface area contributed by atoms with Crippen LogP contribution < -0.4 is 5.32 Å². The first kappa shape index (κ1) is 15.0. The van der Waals surface area contributed by atoms with E-state index in [1.165, 1.54) is 4.90 Å². The van der Waals surface area contributed by atoms with E-state index in [0.717, 1.165) is 18.7 Å². The van der Waals surface area contributed by atoms with Crippen molar-refractivity contribution in [1.82, 2.24) is 20.1 Å². The van der Waals surface area contributed by atoms with Crippen LogP contribution in [0.4, 0.5) is 4.79 Å². The van der Waals surface area contributed by atoms with E-state index in [1.807, 2.05) is 20.8 Å². The lowest BCUT2D eigenvalue weighted by molar-refractivity contribution is -0.132. The van der Waals surface area contributed by atoms with Crippen LogP contribution >= 0.6 is 0 Å². The lowest BCUT2D eigenvalue weighted by atomic mass is 9.99. The zero-order valence-corrected chi connectivity index (χ0v) is 13.3. The van der Waals surface area contributed by atoms with Gasteiger partial charge < -0.3 is 9.73 Å². The Kier molecular flexibility index (Phi) is 3.68. The molecule has 120 valence electrons. The number of imide groups is 1. The number of likely N-dealkylation sites (tertiary alicyclic amines) is 1. The number of oxazole rings is 1. The lowest BCUT2D eigenvalue weighted by Gasteiger charge is -2.22. The molecule has 3 amide bonds. The van der Waals surface area contributed by atoms with E-state index < -0.39 is 5.54 Å². The molecule has 3 rings (SSSR count). The number of urea groups is 1. The maximum Gasteiger partial charge on any atom is 0.325 e. The Labute approximate surface area is 129 Å². The smallest absolute Gasteiger partial charge is 0.325 e. The highest BCUT2D eigenvalue weighted by molar-refractivity contribution is 6.07. The molecule has 2 fully saturated rings. The summed E-state index contributed by atoms with van der Waals surface area (Å²) in [5.41, 5.74) is -0.776. The Morgan fingerprint density at radius 1 is 1.45 bits per heavy atom. The molecule has 1 atom stereocenters. The second-order valence-corrected chi connectivity index (χ2v) is 6.32. The molecular formula is C15H22N4O3. The number of aryl methyl sites for hydroxylation is 1. The highest BCUT2D eigenvalue weighted by Crippen LogP contribution is 2.30. The summed E-state index contributed by atoms with van der Waals surface area (Å²) in [5, 5.41) is 2.89. The summed E-state index contributed by atoms with van der Waals surface area (Å²) in [6.07, 6.45) is 3.18. The molecule has 7 heteroatoms. The molecule has 1 aromatic rings. The van der Waals surface area contributed by atoms with Gasteiger partial charge in [0, 0.05) is 25.6 Å². The summed E-state index contributed by atoms with van der Waals surface area (Å²) in [7, 11) is 0. The predicted octanol–water partition coefficient (Wildman–Crippen LogP) is 1.14. The minimum absolute atomic E-state index is 0.114. The number of amides is 3. The van der Waals surface area contributed by atoms with Crippen LogP contribution in [0.3, 0.4) is 0 Å². The summed E-state index contributed by atoms with van der Waals surface area (Å²) in [4.78, 5) is 32.3. The number of hydrogen-bond donors (Lipinski definition) is 1. The van der Waals surface area contributed by atoms with Crippen LogP contribution in [0, 0.1) is 0 Å². The van der Waals surface area contributed by atoms with Crippen LogP contribution in [0.5, 0.6) is 0 Å². The average molecular weight is 306 g/mol. The Balaban J connectivity index is 1.69. The fraction of sp³-hybridized carbons (Fsp3) is 0.667. The van der Waals surface area contributed by atoms with Crippen molar-refractivity contribution < 1.29 is 14.0 Å². The van der Waals surface area contributed by atoms with Gasteiger partial charge >= 0.3 is 6.03 Å². The van der Waals surface area contributed by atoms with Gasteiger partial charge in [-0.15, -0.1) is 0 Å². The molecule has 0 aliphatic carbocycles. The molecule has 1 N–H and O–H groups in total. The molecule has 3 heterocycles. The summed E-state index contributed by atoms with van der Waals surface area (Å²) >= 11 is 0. The highest BCUT2D eigenvalue weighted by atomic mass is 16.4. The maximum atomic E-state index is 12.6. The number of aromatic nitrogens is 1. The zero-order chi connectivity index (χ0) is 15.9. The van der Waals surface area contributed by atoms with Crippen LogP contribution in [0.15, 0.2) is 10.6 Å². The first-order valence-corrected chi connectivity index (χ1v) is 7.77. The zero-order valence-electron chi connectivity index (χ0n) is 13.3. The average Bonchev–Trinajstić information content (AvgIpc) is 3.12. The molecule has 7 nitrogen and oxygen atoms in total. The first-order valence-electron chi connectivity index (χ1n) is 7.77. The normalized spacial score (nSPS) is 25.7. The topological polar surface area (TPSA) is 78.7 Å².